The molecule has 0 saturated carbocycles. The largest absolute Gasteiger partial charge is 0.370 e. The Labute approximate surface area is 87.2 Å². The van der Waals surface area contributed by atoms with E-state index in [1.54, 1.807) is 0 Å². The Morgan fingerprint density at radius 3 is 2.57 bits per heavy atom. The highest BCUT2D eigenvalue weighted by Gasteiger charge is 2.08. The maximum atomic E-state index is 5.67. The predicted molar refractivity (Wildman–Crippen MR) is 62.1 cm³/mol. The third kappa shape index (κ3) is 8.92. The quantitative estimate of drug-likeness (QED) is 0.309. The second-order valence-corrected chi connectivity index (χ2v) is 4.30. The molecule has 3 nitrogen and oxygen atoms in total. The summed E-state index contributed by atoms with van der Waals surface area (Å²) in [6.45, 7) is 6.89. The molecule has 0 unspecified atom stereocenters. The van der Waals surface area contributed by atoms with Gasteiger partial charge in [0.2, 0.25) is 0 Å². The number of unbranched alkanes of at least 4 members (excludes halogenated alkanes) is 2. The second-order valence-electron chi connectivity index (χ2n) is 4.30. The number of aliphatic imine (C=N–C) groups is 1. The fraction of sp³-hybridized carbons (Fsp3) is 0.727. The van der Waals surface area contributed by atoms with E-state index in [4.69, 9.17) is 12.2 Å². The van der Waals surface area contributed by atoms with Crippen LogP contribution in [0, 0.1) is 12.3 Å². The van der Waals surface area contributed by atoms with Gasteiger partial charge in [-0.2, -0.15) is 0 Å². The highest BCUT2D eigenvalue weighted by molar-refractivity contribution is 5.78. The first-order valence-corrected chi connectivity index (χ1v) is 4.97. The lowest BCUT2D eigenvalue weighted by atomic mass is 10.1. The van der Waals surface area contributed by atoms with Gasteiger partial charge in [0.1, 0.15) is 0 Å². The Kier molecular flexibility index (Phi) is 5.78. The third-order valence-electron chi connectivity index (χ3n) is 1.51. The van der Waals surface area contributed by atoms with E-state index < -0.39 is 0 Å². The lowest BCUT2D eigenvalue weighted by molar-refractivity contribution is 0.508. The summed E-state index contributed by atoms with van der Waals surface area (Å²) in [6, 6.07) is 0. The van der Waals surface area contributed by atoms with Gasteiger partial charge in [0.05, 0.1) is 0 Å². The summed E-state index contributed by atoms with van der Waals surface area (Å²) in [5.74, 6) is 3.11. The maximum absolute atomic E-state index is 5.67. The molecule has 0 aromatic heterocycles. The minimum absolute atomic E-state index is 0.0214. The molecule has 0 aliphatic carbocycles. The summed E-state index contributed by atoms with van der Waals surface area (Å²) in [4.78, 5) is 4.20. The van der Waals surface area contributed by atoms with Crippen molar-refractivity contribution in [3.05, 3.63) is 0 Å². The van der Waals surface area contributed by atoms with Crippen molar-refractivity contribution in [2.45, 2.75) is 45.6 Å². The van der Waals surface area contributed by atoms with E-state index in [-0.39, 0.29) is 5.54 Å². The highest BCUT2D eigenvalue weighted by Crippen LogP contribution is 1.98. The molecule has 0 fully saturated rings. The van der Waals surface area contributed by atoms with Crippen LogP contribution in [0.1, 0.15) is 40.0 Å². The number of rotatable bonds is 4. The second kappa shape index (κ2) is 6.31. The number of nitrogens with zero attached hydrogens (tertiary/aromatic N) is 1. The zero-order chi connectivity index (χ0) is 11.0. The topological polar surface area (TPSA) is 50.4 Å². The zero-order valence-corrected chi connectivity index (χ0v) is 9.43. The molecule has 3 N–H and O–H groups in total. The average Bonchev–Trinajstić information content (AvgIpc) is 2.00. The molecular formula is C11H21N3. The van der Waals surface area contributed by atoms with Gasteiger partial charge < -0.3 is 11.1 Å². The average molecular weight is 195 g/mol. The summed E-state index contributed by atoms with van der Waals surface area (Å²) in [5.41, 5.74) is 5.65. The molecule has 14 heavy (non-hydrogen) atoms. The van der Waals surface area contributed by atoms with Gasteiger partial charge in [0.25, 0.3) is 0 Å². The third-order valence-corrected chi connectivity index (χ3v) is 1.51. The van der Waals surface area contributed by atoms with Gasteiger partial charge in [-0.05, 0) is 33.6 Å². The van der Waals surface area contributed by atoms with Crippen molar-refractivity contribution in [2.24, 2.45) is 10.7 Å². The molecule has 0 bridgehead atoms. The minimum atomic E-state index is -0.0214. The number of hydrogen-bond donors (Lipinski definition) is 2. The number of nitrogens with one attached hydrogen (secondary N) is 1. The Morgan fingerprint density at radius 2 is 2.07 bits per heavy atom. The van der Waals surface area contributed by atoms with Crippen molar-refractivity contribution >= 4 is 5.96 Å². The van der Waals surface area contributed by atoms with Crippen LogP contribution < -0.4 is 11.1 Å². The Hall–Kier alpha value is -1.17. The molecule has 0 aromatic rings. The molecule has 0 radical (unpaired) electrons. The molecule has 80 valence electrons. The molecule has 0 aromatic carbocycles. The van der Waals surface area contributed by atoms with Crippen LogP contribution in [0.25, 0.3) is 0 Å². The summed E-state index contributed by atoms with van der Waals surface area (Å²) >= 11 is 0. The summed E-state index contributed by atoms with van der Waals surface area (Å²) in [7, 11) is 0. The van der Waals surface area contributed by atoms with E-state index in [0.29, 0.717) is 5.96 Å². The van der Waals surface area contributed by atoms with Crippen LogP contribution in [0.15, 0.2) is 4.99 Å². The zero-order valence-electron chi connectivity index (χ0n) is 9.43. The molecule has 0 atom stereocenters. The fourth-order valence-corrected chi connectivity index (χ4v) is 0.962. The van der Waals surface area contributed by atoms with Crippen molar-refractivity contribution in [1.29, 1.82) is 0 Å². The summed E-state index contributed by atoms with van der Waals surface area (Å²) < 4.78 is 0. The molecular weight excluding hydrogens is 174 g/mol. The van der Waals surface area contributed by atoms with Crippen molar-refractivity contribution in [3.8, 4) is 12.3 Å². The van der Waals surface area contributed by atoms with Crippen LogP contribution in [0.2, 0.25) is 0 Å². The van der Waals surface area contributed by atoms with Crippen molar-refractivity contribution in [2.75, 3.05) is 6.54 Å². The molecule has 0 amide bonds. The van der Waals surface area contributed by atoms with Crippen molar-refractivity contribution < 1.29 is 0 Å². The maximum Gasteiger partial charge on any atom is 0.188 e. The molecule has 3 heteroatoms. The molecule has 0 saturated heterocycles. The predicted octanol–water partition coefficient (Wildman–Crippen LogP) is 1.49. The smallest absolute Gasteiger partial charge is 0.188 e. The van der Waals surface area contributed by atoms with E-state index in [0.717, 1.165) is 25.8 Å². The standard InChI is InChI=1S/C11H21N3/c1-5-6-7-8-9-13-10(12)14-11(2,3)4/h1H,6-9H2,2-4H3,(H3,12,13,14). The van der Waals surface area contributed by atoms with Crippen LogP contribution in [-0.2, 0) is 0 Å². The van der Waals surface area contributed by atoms with Crippen LogP contribution >= 0.6 is 0 Å². The van der Waals surface area contributed by atoms with Gasteiger partial charge in [0.15, 0.2) is 5.96 Å². The molecule has 0 aliphatic rings. The van der Waals surface area contributed by atoms with Gasteiger partial charge in [-0.25, -0.2) is 0 Å². The number of terminal acetylenes is 1. The molecule has 0 spiro atoms. The van der Waals surface area contributed by atoms with E-state index in [2.05, 4.69) is 16.2 Å². The van der Waals surface area contributed by atoms with E-state index >= 15 is 0 Å². The Morgan fingerprint density at radius 1 is 1.43 bits per heavy atom. The monoisotopic (exact) mass is 195 g/mol. The summed E-state index contributed by atoms with van der Waals surface area (Å²) in [5, 5.41) is 3.10. The van der Waals surface area contributed by atoms with Crippen LogP contribution in [0.5, 0.6) is 0 Å². The molecule has 0 heterocycles. The van der Waals surface area contributed by atoms with Crippen LogP contribution in [0.4, 0.5) is 0 Å². The molecule has 0 aliphatic heterocycles. The lowest BCUT2D eigenvalue weighted by Gasteiger charge is -2.20. The first-order valence-electron chi connectivity index (χ1n) is 4.97. The number of hydrogen-bond acceptors (Lipinski definition) is 1. The highest BCUT2D eigenvalue weighted by atomic mass is 15.1. The number of nitrogens with two attached hydrogens (primary N) is 1. The number of guanidine groups is 1. The Balaban J connectivity index is 3.63. The van der Waals surface area contributed by atoms with Gasteiger partial charge in [-0.1, -0.05) is 0 Å². The summed E-state index contributed by atoms with van der Waals surface area (Å²) in [6.07, 6.45) is 7.97. The van der Waals surface area contributed by atoms with Crippen molar-refractivity contribution in [1.82, 2.24) is 5.32 Å². The van der Waals surface area contributed by atoms with Crippen LogP contribution in [-0.4, -0.2) is 18.0 Å². The van der Waals surface area contributed by atoms with Gasteiger partial charge in [-0.15, -0.1) is 12.3 Å². The fourth-order valence-electron chi connectivity index (χ4n) is 0.962. The van der Waals surface area contributed by atoms with Gasteiger partial charge in [0, 0.05) is 18.5 Å². The minimum Gasteiger partial charge on any atom is -0.370 e. The lowest BCUT2D eigenvalue weighted by Crippen LogP contribution is -2.45. The normalized spacial score (nSPS) is 12.3. The molecule has 0 rings (SSSR count). The van der Waals surface area contributed by atoms with Crippen molar-refractivity contribution in [3.63, 3.8) is 0 Å². The van der Waals surface area contributed by atoms with Gasteiger partial charge >= 0.3 is 0 Å². The SMILES string of the molecule is C#CCCCCN=C(N)NC(C)(C)C. The van der Waals surface area contributed by atoms with Gasteiger partial charge in [-0.3, -0.25) is 4.99 Å². The van der Waals surface area contributed by atoms with E-state index in [1.165, 1.54) is 0 Å². The first kappa shape index (κ1) is 12.8. The van der Waals surface area contributed by atoms with E-state index in [9.17, 15) is 0 Å². The van der Waals surface area contributed by atoms with E-state index in [1.807, 2.05) is 20.8 Å². The first-order chi connectivity index (χ1) is 6.45. The Bertz CT molecular complexity index is 218. The van der Waals surface area contributed by atoms with Crippen LogP contribution in [0.3, 0.4) is 0 Å².